The van der Waals surface area contributed by atoms with E-state index in [0.29, 0.717) is 25.6 Å². The lowest BCUT2D eigenvalue weighted by molar-refractivity contribution is -0.113. The predicted molar refractivity (Wildman–Crippen MR) is 116 cm³/mol. The number of carbonyl (C=O) groups excluding carboxylic acids is 1. The van der Waals surface area contributed by atoms with Gasteiger partial charge in [0.2, 0.25) is 0 Å². The van der Waals surface area contributed by atoms with Crippen LogP contribution in [-0.2, 0) is 15.0 Å². The topological polar surface area (TPSA) is 165 Å². The number of hydrogen-bond donors (Lipinski definition) is 1. The van der Waals surface area contributed by atoms with E-state index in [4.69, 9.17) is 9.52 Å². The van der Waals surface area contributed by atoms with Gasteiger partial charge in [-0.25, -0.2) is 4.79 Å². The Bertz CT molecular complexity index is 1530. The first kappa shape index (κ1) is 21.0. The molecule has 170 valence electrons. The number of aromatic nitrogens is 5. The van der Waals surface area contributed by atoms with Crippen molar-refractivity contribution < 1.29 is 27.5 Å². The first-order valence-electron chi connectivity index (χ1n) is 9.56. The normalized spacial score (nSPS) is 15.0. The number of anilines is 2. The number of hydrogen-bond acceptors (Lipinski definition) is 9. The molecule has 0 aliphatic carbocycles. The smallest absolute Gasteiger partial charge is 0.343 e. The fourth-order valence-electron chi connectivity index (χ4n) is 3.08. The minimum absolute atomic E-state index is 0.0412. The second kappa shape index (κ2) is 7.93. The predicted octanol–water partition coefficient (Wildman–Crippen LogP) is 1.63. The van der Waals surface area contributed by atoms with Crippen molar-refractivity contribution in [3.05, 3.63) is 78.7 Å². The third-order valence-corrected chi connectivity index (χ3v) is 6.29. The van der Waals surface area contributed by atoms with E-state index >= 15 is 0 Å². The molecule has 1 amide bonds. The van der Waals surface area contributed by atoms with Gasteiger partial charge in [0, 0.05) is 17.8 Å². The van der Waals surface area contributed by atoms with Gasteiger partial charge in [-0.3, -0.25) is 4.79 Å². The maximum atomic E-state index is 13.2. The number of oxazole rings is 1. The highest BCUT2D eigenvalue weighted by molar-refractivity contribution is 7.95. The number of carboxylic acid groups (broad SMARTS) is 1. The van der Waals surface area contributed by atoms with Crippen LogP contribution in [0, 0.1) is 0 Å². The van der Waals surface area contributed by atoms with Crippen LogP contribution < -0.4 is 8.61 Å². The molecule has 1 aliphatic rings. The Kier molecular flexibility index (Phi) is 4.90. The van der Waals surface area contributed by atoms with Crippen LogP contribution in [0.25, 0.3) is 16.9 Å². The van der Waals surface area contributed by atoms with Crippen LogP contribution in [0.1, 0.15) is 10.4 Å². The van der Waals surface area contributed by atoms with Crippen LogP contribution in [0.2, 0.25) is 0 Å². The van der Waals surface area contributed by atoms with E-state index in [1.54, 1.807) is 24.3 Å². The van der Waals surface area contributed by atoms with Crippen LogP contribution in [0.4, 0.5) is 12.0 Å². The lowest BCUT2D eigenvalue weighted by Gasteiger charge is -2.26. The molecule has 0 spiro atoms. The Morgan fingerprint density at radius 3 is 2.47 bits per heavy atom. The molecule has 0 atom stereocenters. The Labute approximate surface area is 191 Å². The maximum absolute atomic E-state index is 13.2. The third-order valence-electron chi connectivity index (χ3n) is 4.71. The Hall–Kier alpha value is -4.85. The Morgan fingerprint density at radius 1 is 1.03 bits per heavy atom. The minimum atomic E-state index is -4.56. The number of carboxylic acids is 1. The number of aromatic carboxylic acids is 1. The zero-order valence-electron chi connectivity index (χ0n) is 17.0. The first-order chi connectivity index (χ1) is 16.3. The summed E-state index contributed by atoms with van der Waals surface area (Å²) in [5.41, 5.74) is 1.46. The molecule has 2 aromatic heterocycles. The molecular formula is C20H13N7O6S. The zero-order chi connectivity index (χ0) is 23.9. The van der Waals surface area contributed by atoms with Crippen molar-refractivity contribution in [1.82, 2.24) is 25.2 Å². The summed E-state index contributed by atoms with van der Waals surface area (Å²) in [4.78, 5) is 28.7. The van der Waals surface area contributed by atoms with Gasteiger partial charge < -0.3 is 9.52 Å². The number of carbonyl (C=O) groups is 2. The number of rotatable bonds is 5. The Balaban J connectivity index is 1.47. The van der Waals surface area contributed by atoms with Crippen LogP contribution in [0.3, 0.4) is 0 Å². The van der Waals surface area contributed by atoms with Crippen LogP contribution in [-0.4, -0.2) is 50.6 Å². The van der Waals surface area contributed by atoms with Gasteiger partial charge in [-0.15, -0.1) is 14.2 Å². The van der Waals surface area contributed by atoms with Crippen molar-refractivity contribution in [2.45, 2.75) is 0 Å². The number of benzene rings is 2. The molecule has 0 bridgehead atoms. The molecule has 0 radical (unpaired) electrons. The monoisotopic (exact) mass is 479 g/mol. The molecule has 34 heavy (non-hydrogen) atoms. The van der Waals surface area contributed by atoms with Crippen molar-refractivity contribution in [3.8, 4) is 16.9 Å². The summed E-state index contributed by atoms with van der Waals surface area (Å²) >= 11 is 0. The van der Waals surface area contributed by atoms with Crippen LogP contribution >= 0.6 is 0 Å². The van der Waals surface area contributed by atoms with E-state index in [0.717, 1.165) is 17.1 Å². The van der Waals surface area contributed by atoms with Gasteiger partial charge in [-0.05, 0) is 29.5 Å². The average molecular weight is 479 g/mol. The van der Waals surface area contributed by atoms with Gasteiger partial charge in [0.15, 0.2) is 0 Å². The van der Waals surface area contributed by atoms with Crippen molar-refractivity contribution in [1.29, 1.82) is 0 Å². The first-order valence-corrected chi connectivity index (χ1v) is 11.0. The van der Waals surface area contributed by atoms with Crippen molar-refractivity contribution >= 4 is 34.0 Å². The van der Waals surface area contributed by atoms with E-state index in [9.17, 15) is 18.0 Å². The van der Waals surface area contributed by atoms with Crippen molar-refractivity contribution in [2.24, 2.45) is 0 Å². The largest absolute Gasteiger partial charge is 0.478 e. The van der Waals surface area contributed by atoms with E-state index in [1.807, 2.05) is 6.07 Å². The molecule has 5 rings (SSSR count). The standard InChI is InChI=1S/C20H13N7O6S/c28-17-10-11-25(20-21-16(12-33-20)13-4-2-1-3-5-13)34(31,32)26(17)19-22-24-27(23-19)15-8-6-14(7-9-15)18(29)30/h1-12H,(H,29,30). The summed E-state index contributed by atoms with van der Waals surface area (Å²) in [5, 5.41) is 20.4. The average Bonchev–Trinajstić information content (AvgIpc) is 3.50. The quantitative estimate of drug-likeness (QED) is 0.445. The molecular weight excluding hydrogens is 466 g/mol. The fraction of sp³-hybridized carbons (Fsp3) is 0. The van der Waals surface area contributed by atoms with Gasteiger partial charge in [-0.2, -0.15) is 17.7 Å². The molecule has 4 aromatic rings. The van der Waals surface area contributed by atoms with Gasteiger partial charge in [0.1, 0.15) is 12.0 Å². The zero-order valence-corrected chi connectivity index (χ0v) is 17.8. The minimum Gasteiger partial charge on any atom is -0.478 e. The van der Waals surface area contributed by atoms with Crippen LogP contribution in [0.5, 0.6) is 0 Å². The summed E-state index contributed by atoms with van der Waals surface area (Å²) in [6, 6.07) is 14.2. The molecule has 0 saturated carbocycles. The summed E-state index contributed by atoms with van der Waals surface area (Å²) in [6.45, 7) is 0. The van der Waals surface area contributed by atoms with E-state index in [-0.39, 0.29) is 11.6 Å². The van der Waals surface area contributed by atoms with Gasteiger partial charge in [-0.1, -0.05) is 35.4 Å². The molecule has 0 fully saturated rings. The van der Waals surface area contributed by atoms with Gasteiger partial charge in [0.05, 0.1) is 11.3 Å². The summed E-state index contributed by atoms with van der Waals surface area (Å²) in [5.74, 6) is -2.55. The van der Waals surface area contributed by atoms with E-state index in [2.05, 4.69) is 20.4 Å². The Morgan fingerprint density at radius 2 is 1.76 bits per heavy atom. The number of amides is 1. The maximum Gasteiger partial charge on any atom is 0.343 e. The molecule has 14 heteroatoms. The molecule has 3 heterocycles. The highest BCUT2D eigenvalue weighted by Crippen LogP contribution is 2.29. The highest BCUT2D eigenvalue weighted by Gasteiger charge is 2.41. The van der Waals surface area contributed by atoms with E-state index < -0.39 is 28.0 Å². The summed E-state index contributed by atoms with van der Waals surface area (Å²) < 4.78 is 32.9. The second-order valence-electron chi connectivity index (χ2n) is 6.83. The lowest BCUT2D eigenvalue weighted by atomic mass is 10.2. The molecule has 0 unspecified atom stereocenters. The third kappa shape index (κ3) is 3.57. The molecule has 1 aliphatic heterocycles. The number of tetrazole rings is 1. The fourth-order valence-corrected chi connectivity index (χ4v) is 4.32. The molecule has 13 nitrogen and oxygen atoms in total. The van der Waals surface area contributed by atoms with E-state index in [1.165, 1.54) is 30.5 Å². The van der Waals surface area contributed by atoms with Gasteiger partial charge >= 0.3 is 22.2 Å². The second-order valence-corrected chi connectivity index (χ2v) is 8.49. The molecule has 0 saturated heterocycles. The lowest BCUT2D eigenvalue weighted by Crippen LogP contribution is -2.48. The molecule has 1 N–H and O–H groups in total. The van der Waals surface area contributed by atoms with Crippen molar-refractivity contribution in [2.75, 3.05) is 8.61 Å². The summed E-state index contributed by atoms with van der Waals surface area (Å²) in [6.07, 6.45) is 3.31. The summed E-state index contributed by atoms with van der Waals surface area (Å²) in [7, 11) is -4.56. The SMILES string of the molecule is O=C(O)c1ccc(-n2nnc(N3C(=O)C=CN(c4nc(-c5ccccc5)co4)S3(=O)=O)n2)cc1. The van der Waals surface area contributed by atoms with Gasteiger partial charge in [0.25, 0.3) is 11.9 Å². The molecule has 2 aromatic carbocycles. The highest BCUT2D eigenvalue weighted by atomic mass is 32.2. The van der Waals surface area contributed by atoms with Crippen LogP contribution in [0.15, 0.2) is 77.6 Å². The number of nitrogens with zero attached hydrogens (tertiary/aromatic N) is 7. The van der Waals surface area contributed by atoms with Crippen molar-refractivity contribution in [3.63, 3.8) is 0 Å².